The zero-order chi connectivity index (χ0) is 17.0. The lowest BCUT2D eigenvalue weighted by Crippen LogP contribution is -2.52. The normalized spacial score (nSPS) is 11.7. The van der Waals surface area contributed by atoms with Gasteiger partial charge in [-0.15, -0.1) is 0 Å². The van der Waals surface area contributed by atoms with Crippen LogP contribution in [0.2, 0.25) is 0 Å². The molecule has 0 aliphatic rings. The van der Waals surface area contributed by atoms with Crippen molar-refractivity contribution in [3.05, 3.63) is 85.5 Å². The van der Waals surface area contributed by atoms with Gasteiger partial charge in [0.15, 0.2) is 0 Å². The quantitative estimate of drug-likeness (QED) is 0.513. The molecule has 0 saturated heterocycles. The van der Waals surface area contributed by atoms with Crippen LogP contribution in [0.15, 0.2) is 79.9 Å². The van der Waals surface area contributed by atoms with Crippen molar-refractivity contribution in [2.45, 2.75) is 12.4 Å². The first kappa shape index (κ1) is 15.3. The maximum atomic E-state index is 6.05. The molecule has 4 rings (SSSR count). The fraction of sp³-hybridized carbons (Fsp3) is 0.176. The summed E-state index contributed by atoms with van der Waals surface area (Å²) in [4.78, 5) is 4.03. The number of aromatic nitrogens is 7. The molecule has 0 atom stereocenters. The molecule has 0 N–H and O–H groups in total. The Morgan fingerprint density at radius 2 is 1.28 bits per heavy atom. The Kier molecular flexibility index (Phi) is 4.09. The van der Waals surface area contributed by atoms with Crippen LogP contribution >= 0.6 is 0 Å². The van der Waals surface area contributed by atoms with Crippen molar-refractivity contribution in [1.29, 1.82) is 0 Å². The highest BCUT2D eigenvalue weighted by Gasteiger charge is 2.39. The van der Waals surface area contributed by atoms with Crippen molar-refractivity contribution >= 4 is 0 Å². The summed E-state index contributed by atoms with van der Waals surface area (Å²) < 4.78 is 11.4. The van der Waals surface area contributed by atoms with Gasteiger partial charge in [-0.1, -0.05) is 0 Å². The van der Waals surface area contributed by atoms with Crippen LogP contribution in [0.5, 0.6) is 0 Å². The molecule has 0 fully saturated rings. The summed E-state index contributed by atoms with van der Waals surface area (Å²) in [6.45, 7) is 0.744. The molecule has 0 aliphatic heterocycles. The molecule has 4 heterocycles. The molecule has 0 aromatic carbocycles. The van der Waals surface area contributed by atoms with Crippen molar-refractivity contribution in [3.8, 4) is 0 Å². The topological polar surface area (TPSA) is 75.6 Å². The Morgan fingerprint density at radius 1 is 0.760 bits per heavy atom. The third kappa shape index (κ3) is 2.83. The molecule has 0 bridgehead atoms. The lowest BCUT2D eigenvalue weighted by atomic mass is 10.3. The summed E-state index contributed by atoms with van der Waals surface area (Å²) in [6, 6.07) is 9.45. The number of rotatable bonds is 7. The zero-order valence-corrected chi connectivity index (χ0v) is 13.5. The van der Waals surface area contributed by atoms with Crippen molar-refractivity contribution in [3.63, 3.8) is 0 Å². The van der Waals surface area contributed by atoms with Crippen molar-refractivity contribution < 1.29 is 4.74 Å². The molecule has 126 valence electrons. The van der Waals surface area contributed by atoms with Gasteiger partial charge in [0.05, 0.1) is 6.61 Å². The number of pyridine rings is 1. The summed E-state index contributed by atoms with van der Waals surface area (Å²) >= 11 is 0. The first-order valence-electron chi connectivity index (χ1n) is 7.86. The van der Waals surface area contributed by atoms with Crippen LogP contribution in [0, 0.1) is 0 Å². The molecular formula is C17H17N7O. The summed E-state index contributed by atoms with van der Waals surface area (Å²) in [7, 11) is 0. The van der Waals surface area contributed by atoms with E-state index in [9.17, 15) is 0 Å². The minimum absolute atomic E-state index is 0.292. The number of hydrogen-bond donors (Lipinski definition) is 0. The second kappa shape index (κ2) is 6.70. The van der Waals surface area contributed by atoms with E-state index in [4.69, 9.17) is 4.74 Å². The van der Waals surface area contributed by atoms with Crippen LogP contribution in [0.3, 0.4) is 0 Å². The van der Waals surface area contributed by atoms with E-state index in [0.717, 1.165) is 5.56 Å². The summed E-state index contributed by atoms with van der Waals surface area (Å²) in [6.07, 6.45) is 14.3. The van der Waals surface area contributed by atoms with E-state index in [-0.39, 0.29) is 0 Å². The van der Waals surface area contributed by atoms with Crippen molar-refractivity contribution in [2.75, 3.05) is 6.61 Å². The number of nitrogens with zero attached hydrogens (tertiary/aromatic N) is 7. The maximum absolute atomic E-state index is 6.05. The van der Waals surface area contributed by atoms with Crippen LogP contribution in [-0.2, 0) is 17.1 Å². The van der Waals surface area contributed by atoms with Gasteiger partial charge in [0.1, 0.15) is 6.61 Å². The predicted molar refractivity (Wildman–Crippen MR) is 89.3 cm³/mol. The Balaban J connectivity index is 1.70. The van der Waals surface area contributed by atoms with Gasteiger partial charge >= 0.3 is 0 Å². The molecule has 0 saturated carbocycles. The minimum atomic E-state index is -0.871. The molecular weight excluding hydrogens is 318 g/mol. The van der Waals surface area contributed by atoms with E-state index >= 15 is 0 Å². The van der Waals surface area contributed by atoms with Gasteiger partial charge in [0, 0.05) is 49.6 Å². The molecule has 25 heavy (non-hydrogen) atoms. The molecule has 0 unspecified atom stereocenters. The monoisotopic (exact) mass is 335 g/mol. The van der Waals surface area contributed by atoms with Gasteiger partial charge in [-0.3, -0.25) is 4.98 Å². The summed E-state index contributed by atoms with van der Waals surface area (Å²) in [5, 5.41) is 13.3. The highest BCUT2D eigenvalue weighted by atomic mass is 16.5. The standard InChI is InChI=1S/C17H17N7O/c1-6-19-22(11-1)17(23-12-2-7-20-23,24-13-3-8-21-24)15-25-14-16-4-9-18-10-5-16/h1-13H,14-15H2. The molecule has 0 amide bonds. The lowest BCUT2D eigenvalue weighted by Gasteiger charge is -2.34. The van der Waals surface area contributed by atoms with E-state index in [1.54, 1.807) is 45.0 Å². The van der Waals surface area contributed by atoms with E-state index in [0.29, 0.717) is 13.2 Å². The third-order valence-corrected chi connectivity index (χ3v) is 3.93. The fourth-order valence-corrected chi connectivity index (χ4v) is 2.74. The van der Waals surface area contributed by atoms with Crippen molar-refractivity contribution in [1.82, 2.24) is 34.3 Å². The third-order valence-electron chi connectivity index (χ3n) is 3.93. The second-order valence-corrected chi connectivity index (χ2v) is 5.47. The van der Waals surface area contributed by atoms with Gasteiger partial charge in [-0.2, -0.15) is 15.3 Å². The van der Waals surface area contributed by atoms with Crippen LogP contribution in [-0.4, -0.2) is 40.9 Å². The van der Waals surface area contributed by atoms with E-state index in [1.165, 1.54) is 0 Å². The molecule has 0 aliphatic carbocycles. The van der Waals surface area contributed by atoms with Crippen LogP contribution in [0.25, 0.3) is 0 Å². The molecule has 4 aromatic rings. The van der Waals surface area contributed by atoms with Gasteiger partial charge in [-0.25, -0.2) is 14.0 Å². The molecule has 0 spiro atoms. The maximum Gasteiger partial charge on any atom is 0.273 e. The van der Waals surface area contributed by atoms with Crippen molar-refractivity contribution in [2.24, 2.45) is 0 Å². The Hall–Kier alpha value is -3.26. The summed E-state index contributed by atoms with van der Waals surface area (Å²) in [5.41, 5.74) is 1.05. The smallest absolute Gasteiger partial charge is 0.273 e. The van der Waals surface area contributed by atoms with E-state index in [1.807, 2.05) is 48.9 Å². The van der Waals surface area contributed by atoms with E-state index in [2.05, 4.69) is 20.3 Å². The summed E-state index contributed by atoms with van der Waals surface area (Å²) in [5.74, 6) is -0.871. The largest absolute Gasteiger partial charge is 0.370 e. The highest BCUT2D eigenvalue weighted by molar-refractivity contribution is 5.08. The first-order chi connectivity index (χ1) is 12.4. The Morgan fingerprint density at radius 3 is 1.72 bits per heavy atom. The minimum Gasteiger partial charge on any atom is -0.370 e. The fourth-order valence-electron chi connectivity index (χ4n) is 2.74. The average Bonchev–Trinajstić information content (AvgIpc) is 3.44. The van der Waals surface area contributed by atoms with Gasteiger partial charge < -0.3 is 4.74 Å². The molecule has 0 radical (unpaired) electrons. The molecule has 8 heteroatoms. The second-order valence-electron chi connectivity index (χ2n) is 5.47. The van der Waals surface area contributed by atoms with Gasteiger partial charge in [0.25, 0.3) is 5.79 Å². The Bertz CT molecular complexity index is 786. The SMILES string of the molecule is c1cnn(C(COCc2ccncc2)(n2cccn2)n2cccn2)c1. The van der Waals surface area contributed by atoms with Crippen LogP contribution in [0.4, 0.5) is 0 Å². The number of hydrogen-bond acceptors (Lipinski definition) is 5. The molecule has 8 nitrogen and oxygen atoms in total. The van der Waals surface area contributed by atoms with Crippen LogP contribution in [0.1, 0.15) is 5.56 Å². The zero-order valence-electron chi connectivity index (χ0n) is 13.5. The lowest BCUT2D eigenvalue weighted by molar-refractivity contribution is -0.0175. The van der Waals surface area contributed by atoms with Crippen LogP contribution < -0.4 is 0 Å². The molecule has 4 aromatic heterocycles. The highest BCUT2D eigenvalue weighted by Crippen LogP contribution is 2.21. The van der Waals surface area contributed by atoms with E-state index < -0.39 is 5.79 Å². The predicted octanol–water partition coefficient (Wildman–Crippen LogP) is 1.59. The Labute approximate surface area is 144 Å². The average molecular weight is 335 g/mol. The van der Waals surface area contributed by atoms with Gasteiger partial charge in [-0.05, 0) is 35.9 Å². The number of ether oxygens (including phenoxy) is 1. The first-order valence-corrected chi connectivity index (χ1v) is 7.86. The van der Waals surface area contributed by atoms with Gasteiger partial charge in [0.2, 0.25) is 0 Å².